The average Bonchev–Trinajstić information content (AvgIpc) is 1.37. The van der Waals surface area contributed by atoms with E-state index < -0.39 is 0 Å². The van der Waals surface area contributed by atoms with Gasteiger partial charge in [-0.25, -0.2) is 0 Å². The summed E-state index contributed by atoms with van der Waals surface area (Å²) in [4.78, 5) is 0. The van der Waals surface area contributed by atoms with Crippen LogP contribution in [-0.2, 0) is 16.0 Å². The van der Waals surface area contributed by atoms with Crippen LogP contribution in [0.2, 0.25) is 5.32 Å². The second-order valence-electron chi connectivity index (χ2n) is 0.265. The van der Waals surface area contributed by atoms with Gasteiger partial charge in [0.1, 0.15) is 0 Å². The monoisotopic (exact) mass is 103 g/mol. The van der Waals surface area contributed by atoms with E-state index in [1.165, 1.54) is 0 Å². The van der Waals surface area contributed by atoms with E-state index in [9.17, 15) is 0 Å². The van der Waals surface area contributed by atoms with Gasteiger partial charge in [0.2, 0.25) is 0 Å². The van der Waals surface area contributed by atoms with Gasteiger partial charge in [0, 0.05) is 0 Å². The van der Waals surface area contributed by atoms with Gasteiger partial charge in [0.25, 0.3) is 0 Å². The van der Waals surface area contributed by atoms with Crippen LogP contribution in [0, 0.1) is 11.3 Å². The Bertz CT molecular complexity index is 35.8. The molecule has 2 heteroatoms. The summed E-state index contributed by atoms with van der Waals surface area (Å²) in [7, 11) is 0. The number of nitriles is 1. The standard InChI is InChI=1S/C2H2N.Cu/c1-2-3;/h1H2;. The van der Waals surface area contributed by atoms with Gasteiger partial charge in [-0.1, -0.05) is 0 Å². The van der Waals surface area contributed by atoms with Crippen LogP contribution in [0.4, 0.5) is 0 Å². The fourth-order valence-electron chi connectivity index (χ4n) is 0. The topological polar surface area (TPSA) is 23.8 Å². The molecular weight excluding hydrogens is 102 g/mol. The first-order valence-corrected chi connectivity index (χ1v) is 1.46. The number of nitrogens with zero attached hydrogens (tertiary/aromatic N) is 1. The van der Waals surface area contributed by atoms with Crippen LogP contribution in [0.25, 0.3) is 0 Å². The fourth-order valence-corrected chi connectivity index (χ4v) is 0. The fraction of sp³-hybridized carbons (Fsp3) is 0.500. The SMILES string of the molecule is N#C[CH2][Cu]. The van der Waals surface area contributed by atoms with Crippen LogP contribution in [0.15, 0.2) is 0 Å². The molecule has 0 saturated carbocycles. The van der Waals surface area contributed by atoms with Gasteiger partial charge in [-0.2, -0.15) is 0 Å². The van der Waals surface area contributed by atoms with Crippen molar-refractivity contribution in [3.8, 4) is 6.07 Å². The molecular formula is C2H2CuN. The Labute approximate surface area is 33.4 Å². The normalized spacial score (nSPS) is 5.25. The predicted molar refractivity (Wildman–Crippen MR) is 10.4 cm³/mol. The zero-order chi connectivity index (χ0) is 3.41. The van der Waals surface area contributed by atoms with Crippen molar-refractivity contribution in [1.82, 2.24) is 0 Å². The van der Waals surface area contributed by atoms with Crippen LogP contribution in [0.3, 0.4) is 0 Å². The first kappa shape index (κ1) is 4.01. The molecule has 4 heavy (non-hydrogen) atoms. The summed E-state index contributed by atoms with van der Waals surface area (Å²) in [5.41, 5.74) is 0. The van der Waals surface area contributed by atoms with Crippen molar-refractivity contribution in [2.45, 2.75) is 5.32 Å². The Morgan fingerprint density at radius 1 is 2.00 bits per heavy atom. The molecule has 0 aliphatic carbocycles. The molecule has 0 N–H and O–H groups in total. The molecule has 1 nitrogen and oxygen atoms in total. The van der Waals surface area contributed by atoms with Crippen molar-refractivity contribution < 1.29 is 16.0 Å². The molecule has 26 valence electrons. The van der Waals surface area contributed by atoms with E-state index in [1.54, 1.807) is 6.07 Å². The Morgan fingerprint density at radius 3 is 2.25 bits per heavy atom. The molecule has 0 aromatic heterocycles. The van der Waals surface area contributed by atoms with E-state index >= 15 is 0 Å². The van der Waals surface area contributed by atoms with Crippen LogP contribution >= 0.6 is 0 Å². The van der Waals surface area contributed by atoms with Crippen molar-refractivity contribution in [3.63, 3.8) is 0 Å². The van der Waals surface area contributed by atoms with Crippen LogP contribution in [-0.4, -0.2) is 0 Å². The molecule has 0 aromatic rings. The van der Waals surface area contributed by atoms with E-state index in [2.05, 4.69) is 16.0 Å². The van der Waals surface area contributed by atoms with Crippen molar-refractivity contribution in [1.29, 1.82) is 5.26 Å². The summed E-state index contributed by atoms with van der Waals surface area (Å²) in [5, 5.41) is 7.70. The molecule has 0 amide bonds. The minimum atomic E-state index is 0.188. The molecule has 0 spiro atoms. The molecule has 0 saturated heterocycles. The first-order chi connectivity index (χ1) is 1.91. The second kappa shape index (κ2) is 3.01. The molecule has 0 bridgehead atoms. The third kappa shape index (κ3) is 2.01. The Kier molecular flexibility index (Phi) is 3.02. The Balaban J connectivity index is 2.43. The molecule has 0 aliphatic rings. The predicted octanol–water partition coefficient (Wildman–Crippen LogP) is 0.475. The maximum absolute atomic E-state index is 7.52. The second-order valence-corrected chi connectivity index (χ2v) is 0.598. The molecule has 0 aliphatic heterocycles. The number of hydrogen-bond donors (Lipinski definition) is 0. The quantitative estimate of drug-likeness (QED) is 0.409. The molecule has 0 unspecified atom stereocenters. The summed E-state index contributed by atoms with van der Waals surface area (Å²) < 4.78 is 0. The summed E-state index contributed by atoms with van der Waals surface area (Å²) in [5.74, 6) is 0. The number of hydrogen-bond acceptors (Lipinski definition) is 1. The van der Waals surface area contributed by atoms with Gasteiger partial charge in [-0.05, 0) is 0 Å². The third-order valence-corrected chi connectivity index (χ3v) is 0.197. The third-order valence-electron chi connectivity index (χ3n) is 0.0477. The average molecular weight is 104 g/mol. The van der Waals surface area contributed by atoms with Crippen LogP contribution in [0.1, 0.15) is 0 Å². The molecule has 0 aromatic carbocycles. The van der Waals surface area contributed by atoms with Crippen LogP contribution in [0.5, 0.6) is 0 Å². The van der Waals surface area contributed by atoms with E-state index in [4.69, 9.17) is 5.26 Å². The van der Waals surface area contributed by atoms with Crippen molar-refractivity contribution in [2.24, 2.45) is 0 Å². The van der Waals surface area contributed by atoms with E-state index in [-0.39, 0.29) is 5.32 Å². The van der Waals surface area contributed by atoms with Crippen molar-refractivity contribution in [2.75, 3.05) is 0 Å². The van der Waals surface area contributed by atoms with Crippen molar-refractivity contribution in [3.05, 3.63) is 0 Å². The molecule has 0 radical (unpaired) electrons. The van der Waals surface area contributed by atoms with Crippen LogP contribution < -0.4 is 0 Å². The first-order valence-electron chi connectivity index (χ1n) is 0.790. The number of rotatable bonds is 0. The Hall–Kier alpha value is 0.00948. The summed E-state index contributed by atoms with van der Waals surface area (Å²) in [6.45, 7) is 0. The van der Waals surface area contributed by atoms with Crippen molar-refractivity contribution >= 4 is 0 Å². The summed E-state index contributed by atoms with van der Waals surface area (Å²) >= 11 is 4.31. The maximum atomic E-state index is 7.52. The molecule has 0 rings (SSSR count). The van der Waals surface area contributed by atoms with Gasteiger partial charge >= 0.3 is 32.7 Å². The van der Waals surface area contributed by atoms with E-state index in [1.807, 2.05) is 0 Å². The molecule has 0 fully saturated rings. The molecule has 0 heterocycles. The Morgan fingerprint density at radius 2 is 2.25 bits per heavy atom. The van der Waals surface area contributed by atoms with Gasteiger partial charge in [-0.15, -0.1) is 0 Å². The summed E-state index contributed by atoms with van der Waals surface area (Å²) in [6, 6.07) is 1.74. The van der Waals surface area contributed by atoms with E-state index in [0.717, 1.165) is 0 Å². The zero-order valence-electron chi connectivity index (χ0n) is 1.96. The van der Waals surface area contributed by atoms with Gasteiger partial charge in [-0.3, -0.25) is 0 Å². The minimum absolute atomic E-state index is 0.188. The molecule has 0 atom stereocenters. The van der Waals surface area contributed by atoms with Gasteiger partial charge < -0.3 is 0 Å². The zero-order valence-corrected chi connectivity index (χ0v) is 2.90. The van der Waals surface area contributed by atoms with Gasteiger partial charge in [0.05, 0.1) is 0 Å². The van der Waals surface area contributed by atoms with E-state index in [0.29, 0.717) is 0 Å². The van der Waals surface area contributed by atoms with Gasteiger partial charge in [0.15, 0.2) is 0 Å². The summed E-state index contributed by atoms with van der Waals surface area (Å²) in [6.07, 6.45) is 0.